The molecule has 1 fully saturated rings. The molecule has 2 atom stereocenters. The molecule has 2 unspecified atom stereocenters. The Morgan fingerprint density at radius 1 is 1.40 bits per heavy atom. The second-order valence-electron chi connectivity index (χ2n) is 5.65. The maximum Gasteiger partial charge on any atom is 0.123 e. The summed E-state index contributed by atoms with van der Waals surface area (Å²) in [6.45, 7) is 5.44. The molecule has 0 aliphatic carbocycles. The Hall–Kier alpha value is -1.26. The summed E-state index contributed by atoms with van der Waals surface area (Å²) in [5.41, 5.74) is 0. The second kappa shape index (κ2) is 7.50. The van der Waals surface area contributed by atoms with E-state index in [2.05, 4.69) is 11.8 Å². The first kappa shape index (κ1) is 15.1. The average molecular weight is 279 g/mol. The number of methoxy groups -OCH3 is 1. The Morgan fingerprint density at radius 2 is 2.20 bits per heavy atom. The quantitative estimate of drug-likeness (QED) is 0.866. The predicted octanol–water partition coefficient (Wildman–Crippen LogP) is 2.17. The number of likely N-dealkylation sites (tertiary alicyclic amines) is 1. The summed E-state index contributed by atoms with van der Waals surface area (Å²) in [6, 6.07) is 7.46. The molecule has 112 valence electrons. The smallest absolute Gasteiger partial charge is 0.123 e. The van der Waals surface area contributed by atoms with Crippen molar-refractivity contribution in [2.45, 2.75) is 25.9 Å². The fourth-order valence-corrected chi connectivity index (χ4v) is 2.69. The summed E-state index contributed by atoms with van der Waals surface area (Å²) in [5.74, 6) is 2.23. The molecule has 0 spiro atoms. The first-order valence-corrected chi connectivity index (χ1v) is 7.34. The molecular formula is C16H25NO3. The molecule has 1 aliphatic heterocycles. The van der Waals surface area contributed by atoms with Gasteiger partial charge in [-0.3, -0.25) is 0 Å². The first-order chi connectivity index (χ1) is 9.67. The van der Waals surface area contributed by atoms with Gasteiger partial charge in [0.1, 0.15) is 24.2 Å². The van der Waals surface area contributed by atoms with Crippen LogP contribution in [0.3, 0.4) is 0 Å². The third-order valence-corrected chi connectivity index (χ3v) is 3.69. The van der Waals surface area contributed by atoms with Crippen molar-refractivity contribution in [2.75, 3.05) is 33.4 Å². The molecule has 2 rings (SSSR count). The van der Waals surface area contributed by atoms with Crippen LogP contribution in [0.4, 0.5) is 0 Å². The van der Waals surface area contributed by atoms with E-state index in [4.69, 9.17) is 9.47 Å². The minimum Gasteiger partial charge on any atom is -0.497 e. The Balaban J connectivity index is 1.75. The zero-order valence-corrected chi connectivity index (χ0v) is 12.4. The highest BCUT2D eigenvalue weighted by Gasteiger charge is 2.19. The van der Waals surface area contributed by atoms with Crippen LogP contribution in [0.5, 0.6) is 11.5 Å². The van der Waals surface area contributed by atoms with Crippen molar-refractivity contribution in [1.29, 1.82) is 0 Å². The van der Waals surface area contributed by atoms with Crippen molar-refractivity contribution in [1.82, 2.24) is 4.90 Å². The lowest BCUT2D eigenvalue weighted by Crippen LogP contribution is -2.41. The maximum absolute atomic E-state index is 10.1. The van der Waals surface area contributed by atoms with Gasteiger partial charge in [0.15, 0.2) is 0 Å². The molecule has 1 saturated heterocycles. The molecule has 4 heteroatoms. The van der Waals surface area contributed by atoms with Crippen LogP contribution in [-0.4, -0.2) is 49.5 Å². The molecule has 1 aromatic rings. The molecule has 1 aromatic carbocycles. The lowest BCUT2D eigenvalue weighted by molar-refractivity contribution is 0.0536. The van der Waals surface area contributed by atoms with Gasteiger partial charge in [-0.15, -0.1) is 0 Å². The number of piperidine rings is 1. The molecule has 20 heavy (non-hydrogen) atoms. The van der Waals surface area contributed by atoms with E-state index in [-0.39, 0.29) is 0 Å². The van der Waals surface area contributed by atoms with Crippen LogP contribution in [0, 0.1) is 5.92 Å². The summed E-state index contributed by atoms with van der Waals surface area (Å²) < 4.78 is 10.8. The molecule has 4 nitrogen and oxygen atoms in total. The second-order valence-corrected chi connectivity index (χ2v) is 5.65. The van der Waals surface area contributed by atoms with E-state index < -0.39 is 6.10 Å². The van der Waals surface area contributed by atoms with Gasteiger partial charge in [0.25, 0.3) is 0 Å². The summed E-state index contributed by atoms with van der Waals surface area (Å²) in [6.07, 6.45) is 2.07. The molecular weight excluding hydrogens is 254 g/mol. The van der Waals surface area contributed by atoms with Gasteiger partial charge in [0, 0.05) is 19.2 Å². The number of rotatable bonds is 6. The van der Waals surface area contributed by atoms with E-state index in [9.17, 15) is 5.11 Å². The highest BCUT2D eigenvalue weighted by atomic mass is 16.5. The lowest BCUT2D eigenvalue weighted by Gasteiger charge is -2.32. The van der Waals surface area contributed by atoms with Gasteiger partial charge in [0.05, 0.1) is 7.11 Å². The van der Waals surface area contributed by atoms with Crippen LogP contribution in [-0.2, 0) is 0 Å². The van der Waals surface area contributed by atoms with Crippen LogP contribution >= 0.6 is 0 Å². The molecule has 0 amide bonds. The number of β-amino-alcohol motifs (C(OH)–C–C–N with tert-alkyl or cyclic N) is 1. The van der Waals surface area contributed by atoms with Gasteiger partial charge in [-0.05, 0) is 37.4 Å². The normalized spacial score (nSPS) is 21.4. The van der Waals surface area contributed by atoms with Gasteiger partial charge in [-0.1, -0.05) is 13.0 Å². The van der Waals surface area contributed by atoms with E-state index in [0.717, 1.165) is 30.5 Å². The molecule has 1 N–H and O–H groups in total. The lowest BCUT2D eigenvalue weighted by atomic mass is 10.0. The minimum absolute atomic E-state index is 0.318. The fourth-order valence-electron chi connectivity index (χ4n) is 2.69. The molecule has 0 radical (unpaired) electrons. The van der Waals surface area contributed by atoms with Crippen molar-refractivity contribution >= 4 is 0 Å². The number of ether oxygens (including phenoxy) is 2. The summed E-state index contributed by atoms with van der Waals surface area (Å²) in [7, 11) is 1.63. The zero-order chi connectivity index (χ0) is 14.4. The summed E-state index contributed by atoms with van der Waals surface area (Å²) in [5, 5.41) is 10.1. The molecule has 1 heterocycles. The van der Waals surface area contributed by atoms with Crippen LogP contribution in [0.15, 0.2) is 24.3 Å². The molecule has 0 saturated carbocycles. The maximum atomic E-state index is 10.1. The predicted molar refractivity (Wildman–Crippen MR) is 79.3 cm³/mol. The monoisotopic (exact) mass is 279 g/mol. The van der Waals surface area contributed by atoms with Crippen molar-refractivity contribution in [3.63, 3.8) is 0 Å². The van der Waals surface area contributed by atoms with E-state index in [0.29, 0.717) is 13.2 Å². The Kier molecular flexibility index (Phi) is 5.68. The fraction of sp³-hybridized carbons (Fsp3) is 0.625. The number of aliphatic hydroxyl groups is 1. The van der Waals surface area contributed by atoms with Crippen molar-refractivity contribution in [3.05, 3.63) is 24.3 Å². The van der Waals surface area contributed by atoms with E-state index in [1.807, 2.05) is 24.3 Å². The van der Waals surface area contributed by atoms with E-state index >= 15 is 0 Å². The van der Waals surface area contributed by atoms with Gasteiger partial charge in [-0.2, -0.15) is 0 Å². The number of benzene rings is 1. The average Bonchev–Trinajstić information content (AvgIpc) is 2.45. The third-order valence-electron chi connectivity index (χ3n) is 3.69. The number of nitrogens with zero attached hydrogens (tertiary/aromatic N) is 1. The van der Waals surface area contributed by atoms with Crippen LogP contribution in [0.25, 0.3) is 0 Å². The summed E-state index contributed by atoms with van der Waals surface area (Å²) >= 11 is 0. The first-order valence-electron chi connectivity index (χ1n) is 7.34. The number of aliphatic hydroxyl groups excluding tert-OH is 1. The van der Waals surface area contributed by atoms with Gasteiger partial charge >= 0.3 is 0 Å². The van der Waals surface area contributed by atoms with Gasteiger partial charge in [-0.25, -0.2) is 0 Å². The Morgan fingerprint density at radius 3 is 2.95 bits per heavy atom. The van der Waals surface area contributed by atoms with Crippen LogP contribution in [0.1, 0.15) is 19.8 Å². The third kappa shape index (κ3) is 4.69. The SMILES string of the molecule is COc1cccc(OCC(O)CN2CCCC(C)C2)c1. The topological polar surface area (TPSA) is 41.9 Å². The van der Waals surface area contributed by atoms with Gasteiger partial charge in [0.2, 0.25) is 0 Å². The minimum atomic E-state index is -0.452. The van der Waals surface area contributed by atoms with E-state index in [1.165, 1.54) is 12.8 Å². The van der Waals surface area contributed by atoms with Crippen LogP contribution < -0.4 is 9.47 Å². The van der Waals surface area contributed by atoms with Crippen LogP contribution in [0.2, 0.25) is 0 Å². The van der Waals surface area contributed by atoms with E-state index in [1.54, 1.807) is 7.11 Å². The highest BCUT2D eigenvalue weighted by Crippen LogP contribution is 2.19. The molecule has 1 aliphatic rings. The largest absolute Gasteiger partial charge is 0.497 e. The molecule has 0 bridgehead atoms. The van der Waals surface area contributed by atoms with Crippen molar-refractivity contribution in [3.8, 4) is 11.5 Å². The van der Waals surface area contributed by atoms with Crippen molar-refractivity contribution in [2.24, 2.45) is 5.92 Å². The molecule has 0 aromatic heterocycles. The summed E-state index contributed by atoms with van der Waals surface area (Å²) in [4.78, 5) is 2.33. The zero-order valence-electron chi connectivity index (χ0n) is 12.4. The van der Waals surface area contributed by atoms with Gasteiger partial charge < -0.3 is 19.5 Å². The number of hydrogen-bond donors (Lipinski definition) is 1. The Labute approximate surface area is 121 Å². The Bertz CT molecular complexity index is 410. The highest BCUT2D eigenvalue weighted by molar-refractivity contribution is 5.32. The number of hydrogen-bond acceptors (Lipinski definition) is 4. The standard InChI is InChI=1S/C16H25NO3/c1-13-5-4-8-17(10-13)11-14(18)12-20-16-7-3-6-15(9-16)19-2/h3,6-7,9,13-14,18H,4-5,8,10-12H2,1-2H3. The van der Waals surface area contributed by atoms with Crippen molar-refractivity contribution < 1.29 is 14.6 Å².